The normalized spacial score (nSPS) is 17.7. The van der Waals surface area contributed by atoms with Crippen molar-refractivity contribution in [3.8, 4) is 0 Å². The van der Waals surface area contributed by atoms with Gasteiger partial charge in [-0.2, -0.15) is 0 Å². The number of aryl methyl sites for hydroxylation is 1. The summed E-state index contributed by atoms with van der Waals surface area (Å²) in [4.78, 5) is 19.3. The average molecular weight is 584 g/mol. The van der Waals surface area contributed by atoms with Crippen LogP contribution in [0.3, 0.4) is 0 Å². The van der Waals surface area contributed by atoms with Crippen LogP contribution >= 0.6 is 11.8 Å². The van der Waals surface area contributed by atoms with E-state index in [1.807, 2.05) is 32.5 Å². The van der Waals surface area contributed by atoms with E-state index in [0.29, 0.717) is 19.7 Å². The number of nitrogens with zero attached hydrogens (tertiary/aromatic N) is 1. The topological polar surface area (TPSA) is 48.0 Å². The first kappa shape index (κ1) is 30.1. The van der Waals surface area contributed by atoms with Gasteiger partial charge in [0.1, 0.15) is 5.60 Å². The second-order valence-electron chi connectivity index (χ2n) is 11.9. The summed E-state index contributed by atoms with van der Waals surface area (Å²) in [6.45, 7) is 7.10. The lowest BCUT2D eigenvalue weighted by Gasteiger charge is -2.37. The first-order valence-corrected chi connectivity index (χ1v) is 15.8. The lowest BCUT2D eigenvalue weighted by atomic mass is 9.87. The number of thioether (sulfide) groups is 1. The molecule has 42 heavy (non-hydrogen) atoms. The number of hydrogen-bond donors (Lipinski definition) is 0. The van der Waals surface area contributed by atoms with Crippen molar-refractivity contribution in [2.24, 2.45) is 0 Å². The Morgan fingerprint density at radius 3 is 2.36 bits per heavy atom. The summed E-state index contributed by atoms with van der Waals surface area (Å²) < 4.78 is 12.0. The molecule has 1 aliphatic rings. The van der Waals surface area contributed by atoms with Crippen molar-refractivity contribution in [3.05, 3.63) is 114 Å². The third-order valence-electron chi connectivity index (χ3n) is 7.42. The fourth-order valence-electron chi connectivity index (χ4n) is 5.34. The van der Waals surface area contributed by atoms with E-state index < -0.39 is 11.8 Å². The molecule has 0 amide bonds. The van der Waals surface area contributed by atoms with Gasteiger partial charge in [0.05, 0.1) is 19.3 Å². The van der Waals surface area contributed by atoms with Crippen LogP contribution in [-0.2, 0) is 27.3 Å². The molecule has 220 valence electrons. The fraction of sp³-hybridized carbons (Fsp3) is 0.361. The van der Waals surface area contributed by atoms with Gasteiger partial charge in [0.2, 0.25) is 0 Å². The molecule has 5 rings (SSSR count). The van der Waals surface area contributed by atoms with Crippen LogP contribution in [0.5, 0.6) is 0 Å². The number of ether oxygens (including phenoxy) is 2. The van der Waals surface area contributed by atoms with Gasteiger partial charge in [-0.25, -0.2) is 4.79 Å². The Morgan fingerprint density at radius 2 is 1.60 bits per heavy atom. The van der Waals surface area contributed by atoms with E-state index in [-0.39, 0.29) is 12.0 Å². The molecule has 0 N–H and O–H groups in total. The number of rotatable bonds is 10. The van der Waals surface area contributed by atoms with Crippen LogP contribution < -0.4 is 0 Å². The molecule has 4 aromatic rings. The summed E-state index contributed by atoms with van der Waals surface area (Å²) in [5.74, 6) is 1.30. The van der Waals surface area contributed by atoms with E-state index >= 15 is 0 Å². The standard InChI is InChI=1S/C36H41NO4S/c1-36(2,3)40-35(38)41-37-22-21-33(34(25-37)39-26-28-17-18-29-11-7-8-12-31(29)24-28)30-19-15-27(16-20-30)10-9-23-42-32-13-5-4-6-14-32/h4-8,11-20,24,33-34H,9-10,21-23,25-26H2,1-3H3. The maximum absolute atomic E-state index is 12.4. The molecule has 1 saturated heterocycles. The predicted molar refractivity (Wildman–Crippen MR) is 171 cm³/mol. The molecule has 0 aliphatic carbocycles. The Bertz CT molecular complexity index is 1430. The van der Waals surface area contributed by atoms with Crippen molar-refractivity contribution in [2.45, 2.75) is 69.2 Å². The zero-order valence-corrected chi connectivity index (χ0v) is 25.6. The molecular weight excluding hydrogens is 542 g/mol. The highest BCUT2D eigenvalue weighted by atomic mass is 32.2. The lowest BCUT2D eigenvalue weighted by molar-refractivity contribution is -0.179. The summed E-state index contributed by atoms with van der Waals surface area (Å²) in [6.07, 6.45) is 2.20. The van der Waals surface area contributed by atoms with E-state index in [0.717, 1.165) is 30.6 Å². The van der Waals surface area contributed by atoms with Crippen molar-refractivity contribution >= 4 is 28.7 Å². The van der Waals surface area contributed by atoms with E-state index in [9.17, 15) is 4.79 Å². The number of carbonyl (C=O) groups excluding carboxylic acids is 1. The van der Waals surface area contributed by atoms with Crippen LogP contribution in [0.1, 0.15) is 56.2 Å². The Balaban J connectivity index is 1.22. The van der Waals surface area contributed by atoms with Crippen molar-refractivity contribution in [1.29, 1.82) is 0 Å². The highest BCUT2D eigenvalue weighted by Gasteiger charge is 2.34. The van der Waals surface area contributed by atoms with Crippen molar-refractivity contribution < 1.29 is 19.1 Å². The predicted octanol–water partition coefficient (Wildman–Crippen LogP) is 8.81. The Labute approximate surface area is 254 Å². The van der Waals surface area contributed by atoms with E-state index in [4.69, 9.17) is 14.3 Å². The molecule has 6 heteroatoms. The van der Waals surface area contributed by atoms with Gasteiger partial charge in [0.15, 0.2) is 0 Å². The highest BCUT2D eigenvalue weighted by Crippen LogP contribution is 2.32. The monoisotopic (exact) mass is 583 g/mol. The van der Waals surface area contributed by atoms with Crippen molar-refractivity contribution in [2.75, 3.05) is 18.8 Å². The number of piperidine rings is 1. The molecule has 0 aromatic heterocycles. The molecule has 0 spiro atoms. The molecule has 0 saturated carbocycles. The van der Waals surface area contributed by atoms with Gasteiger partial charge < -0.3 is 14.3 Å². The molecule has 1 fully saturated rings. The van der Waals surface area contributed by atoms with Crippen LogP contribution in [0.2, 0.25) is 0 Å². The van der Waals surface area contributed by atoms with Crippen LogP contribution in [0.15, 0.2) is 102 Å². The van der Waals surface area contributed by atoms with Crippen LogP contribution in [0, 0.1) is 0 Å². The number of hydrogen-bond acceptors (Lipinski definition) is 6. The average Bonchev–Trinajstić information content (AvgIpc) is 2.98. The van der Waals surface area contributed by atoms with Gasteiger partial charge in [-0.05, 0) is 91.4 Å². The first-order chi connectivity index (χ1) is 20.3. The molecule has 1 aliphatic heterocycles. The third-order valence-corrected chi connectivity index (χ3v) is 8.52. The zero-order chi connectivity index (χ0) is 29.4. The molecule has 4 aromatic carbocycles. The minimum absolute atomic E-state index is 0.138. The smallest absolute Gasteiger partial charge is 0.427 e. The summed E-state index contributed by atoms with van der Waals surface area (Å²) >= 11 is 1.91. The van der Waals surface area contributed by atoms with E-state index in [2.05, 4.69) is 97.1 Å². The molecule has 5 nitrogen and oxygen atoms in total. The number of carbonyl (C=O) groups is 1. The summed E-state index contributed by atoms with van der Waals surface area (Å²) in [7, 11) is 0. The molecule has 2 atom stereocenters. The van der Waals surface area contributed by atoms with Crippen molar-refractivity contribution in [1.82, 2.24) is 5.06 Å². The van der Waals surface area contributed by atoms with Gasteiger partial charge in [-0.1, -0.05) is 78.9 Å². The van der Waals surface area contributed by atoms with Gasteiger partial charge in [-0.15, -0.1) is 16.8 Å². The zero-order valence-electron chi connectivity index (χ0n) is 24.8. The van der Waals surface area contributed by atoms with Gasteiger partial charge in [0.25, 0.3) is 0 Å². The number of benzene rings is 4. The molecule has 2 unspecified atom stereocenters. The summed E-state index contributed by atoms with van der Waals surface area (Å²) in [5, 5.41) is 4.10. The minimum Gasteiger partial charge on any atom is -0.427 e. The Kier molecular flexibility index (Phi) is 10.2. The lowest BCUT2D eigenvalue weighted by Crippen LogP contribution is -2.45. The second kappa shape index (κ2) is 14.2. The maximum atomic E-state index is 12.4. The van der Waals surface area contributed by atoms with Crippen LogP contribution in [0.4, 0.5) is 4.79 Å². The maximum Gasteiger partial charge on any atom is 0.528 e. The van der Waals surface area contributed by atoms with E-state index in [1.54, 1.807) is 5.06 Å². The van der Waals surface area contributed by atoms with Crippen molar-refractivity contribution in [3.63, 3.8) is 0 Å². The molecule has 0 bridgehead atoms. The summed E-state index contributed by atoms with van der Waals surface area (Å²) in [6, 6.07) is 34.4. The Morgan fingerprint density at radius 1 is 0.881 bits per heavy atom. The molecular formula is C36H41NO4S. The summed E-state index contributed by atoms with van der Waals surface area (Å²) in [5.41, 5.74) is 3.13. The van der Waals surface area contributed by atoms with E-state index in [1.165, 1.54) is 26.8 Å². The number of hydroxylamine groups is 2. The highest BCUT2D eigenvalue weighted by molar-refractivity contribution is 7.99. The second-order valence-corrected chi connectivity index (χ2v) is 13.0. The third kappa shape index (κ3) is 8.84. The number of fused-ring (bicyclic) bond motifs is 1. The molecule has 1 heterocycles. The minimum atomic E-state index is -0.677. The van der Waals surface area contributed by atoms with Gasteiger partial charge >= 0.3 is 6.16 Å². The first-order valence-electron chi connectivity index (χ1n) is 14.8. The SMILES string of the molecule is CC(C)(C)OC(=O)ON1CCC(c2ccc(CCCSc3ccccc3)cc2)C(OCc2ccc3ccccc3c2)C1. The molecule has 0 radical (unpaired) electrons. The van der Waals surface area contributed by atoms with Crippen LogP contribution in [-0.4, -0.2) is 41.8 Å². The largest absolute Gasteiger partial charge is 0.528 e. The van der Waals surface area contributed by atoms with Crippen LogP contribution in [0.25, 0.3) is 10.8 Å². The Hall–Kier alpha value is -3.32. The quantitative estimate of drug-likeness (QED) is 0.106. The fourth-order valence-corrected chi connectivity index (χ4v) is 6.22. The van der Waals surface area contributed by atoms with Gasteiger partial charge in [-0.3, -0.25) is 0 Å². The van der Waals surface area contributed by atoms with Gasteiger partial charge in [0, 0.05) is 17.4 Å².